The first-order chi connectivity index (χ1) is 6.29. The molecule has 1 saturated heterocycles. The van der Waals surface area contributed by atoms with Crippen LogP contribution in [0.5, 0.6) is 0 Å². The lowest BCUT2D eigenvalue weighted by atomic mass is 10.1. The second-order valence-electron chi connectivity index (χ2n) is 4.13. The maximum absolute atomic E-state index is 11.3. The van der Waals surface area contributed by atoms with E-state index in [4.69, 9.17) is 0 Å². The molecular weight excluding hydrogens is 162 g/mol. The van der Waals surface area contributed by atoms with Gasteiger partial charge in [0.1, 0.15) is 0 Å². The molecule has 0 aromatic rings. The summed E-state index contributed by atoms with van der Waals surface area (Å²) >= 11 is 0. The largest absolute Gasteiger partial charge is 0.354 e. The summed E-state index contributed by atoms with van der Waals surface area (Å²) < 4.78 is 0. The second-order valence-corrected chi connectivity index (χ2v) is 4.13. The average molecular weight is 183 g/mol. The van der Waals surface area contributed by atoms with Crippen LogP contribution in [0.2, 0.25) is 0 Å². The molecule has 0 bridgehead atoms. The highest BCUT2D eigenvalue weighted by Crippen LogP contribution is 2.11. The van der Waals surface area contributed by atoms with Crippen LogP contribution >= 0.6 is 0 Å². The number of hydrogen-bond acceptors (Lipinski definition) is 1. The quantitative estimate of drug-likeness (QED) is 0.614. The van der Waals surface area contributed by atoms with E-state index in [2.05, 4.69) is 12.2 Å². The Morgan fingerprint density at radius 1 is 1.08 bits per heavy atom. The molecule has 0 saturated carbocycles. The molecule has 1 aliphatic heterocycles. The molecule has 76 valence electrons. The van der Waals surface area contributed by atoms with Gasteiger partial charge in [-0.15, -0.1) is 0 Å². The van der Waals surface area contributed by atoms with Crippen LogP contribution in [0.4, 0.5) is 0 Å². The maximum atomic E-state index is 11.3. The van der Waals surface area contributed by atoms with Crippen LogP contribution < -0.4 is 5.32 Å². The van der Waals surface area contributed by atoms with E-state index in [-0.39, 0.29) is 5.91 Å². The van der Waals surface area contributed by atoms with Crippen LogP contribution in [0.1, 0.15) is 58.3 Å². The molecule has 1 heterocycles. The molecule has 13 heavy (non-hydrogen) atoms. The van der Waals surface area contributed by atoms with E-state index in [1.165, 1.54) is 32.1 Å². The third kappa shape index (κ3) is 4.91. The van der Waals surface area contributed by atoms with Crippen LogP contribution in [0, 0.1) is 0 Å². The highest BCUT2D eigenvalue weighted by Gasteiger charge is 2.07. The molecule has 0 spiro atoms. The molecule has 1 aliphatic rings. The first-order valence-corrected chi connectivity index (χ1v) is 5.58. The molecule has 0 aromatic heterocycles. The molecule has 2 nitrogen and oxygen atoms in total. The fraction of sp³-hybridized carbons (Fsp3) is 0.909. The maximum Gasteiger partial charge on any atom is 0.220 e. The van der Waals surface area contributed by atoms with Crippen LogP contribution in [0.25, 0.3) is 0 Å². The van der Waals surface area contributed by atoms with Gasteiger partial charge in [0.15, 0.2) is 0 Å². The zero-order chi connectivity index (χ0) is 9.52. The third-order valence-corrected chi connectivity index (χ3v) is 2.70. The zero-order valence-electron chi connectivity index (χ0n) is 8.64. The van der Waals surface area contributed by atoms with Crippen molar-refractivity contribution in [3.8, 4) is 0 Å². The van der Waals surface area contributed by atoms with Crippen molar-refractivity contribution in [1.29, 1.82) is 0 Å². The Balaban J connectivity index is 2.29. The lowest BCUT2D eigenvalue weighted by Crippen LogP contribution is -2.32. The van der Waals surface area contributed by atoms with Gasteiger partial charge in [0.05, 0.1) is 0 Å². The fourth-order valence-corrected chi connectivity index (χ4v) is 1.86. The number of rotatable bonds is 0. The fourth-order valence-electron chi connectivity index (χ4n) is 1.86. The van der Waals surface area contributed by atoms with Gasteiger partial charge >= 0.3 is 0 Å². The normalized spacial score (nSPS) is 27.5. The van der Waals surface area contributed by atoms with Gasteiger partial charge in [-0.05, 0) is 19.8 Å². The van der Waals surface area contributed by atoms with Crippen molar-refractivity contribution in [3.63, 3.8) is 0 Å². The summed E-state index contributed by atoms with van der Waals surface area (Å²) in [5.74, 6) is 0.245. The third-order valence-electron chi connectivity index (χ3n) is 2.70. The van der Waals surface area contributed by atoms with Crippen molar-refractivity contribution in [2.75, 3.05) is 0 Å². The highest BCUT2D eigenvalue weighted by atomic mass is 16.1. The number of carbonyl (C=O) groups is 1. The highest BCUT2D eigenvalue weighted by molar-refractivity contribution is 5.76. The van der Waals surface area contributed by atoms with Gasteiger partial charge in [0, 0.05) is 12.5 Å². The van der Waals surface area contributed by atoms with Gasteiger partial charge in [-0.3, -0.25) is 4.79 Å². The molecular formula is C11H21NO. The van der Waals surface area contributed by atoms with Gasteiger partial charge < -0.3 is 5.32 Å². The Bertz CT molecular complexity index is 156. The topological polar surface area (TPSA) is 29.1 Å². The number of amides is 1. The van der Waals surface area contributed by atoms with Crippen LogP contribution in [-0.4, -0.2) is 11.9 Å². The molecule has 1 N–H and O–H groups in total. The Hall–Kier alpha value is -0.530. The van der Waals surface area contributed by atoms with Gasteiger partial charge in [0.2, 0.25) is 5.91 Å². The summed E-state index contributed by atoms with van der Waals surface area (Å²) in [6.45, 7) is 2.11. The lowest BCUT2D eigenvalue weighted by molar-refractivity contribution is -0.121. The molecule has 0 aliphatic carbocycles. The summed E-state index contributed by atoms with van der Waals surface area (Å²) in [5, 5.41) is 3.04. The zero-order valence-corrected chi connectivity index (χ0v) is 8.64. The predicted octanol–water partition coefficient (Wildman–Crippen LogP) is 2.63. The molecule has 2 heteroatoms. The van der Waals surface area contributed by atoms with Crippen molar-refractivity contribution in [2.24, 2.45) is 0 Å². The van der Waals surface area contributed by atoms with E-state index in [9.17, 15) is 4.79 Å². The van der Waals surface area contributed by atoms with Crippen molar-refractivity contribution in [3.05, 3.63) is 0 Å². The SMILES string of the molecule is CC1CCCCCCCCC(=O)N1. The van der Waals surface area contributed by atoms with E-state index < -0.39 is 0 Å². The minimum atomic E-state index is 0.245. The molecule has 1 atom stereocenters. The van der Waals surface area contributed by atoms with Gasteiger partial charge in [-0.1, -0.05) is 32.1 Å². The van der Waals surface area contributed by atoms with E-state index in [0.29, 0.717) is 6.04 Å². The van der Waals surface area contributed by atoms with Crippen LogP contribution in [-0.2, 0) is 4.79 Å². The lowest BCUT2D eigenvalue weighted by Gasteiger charge is -2.12. The number of nitrogens with one attached hydrogen (secondary N) is 1. The summed E-state index contributed by atoms with van der Waals surface area (Å²) in [6.07, 6.45) is 9.42. The summed E-state index contributed by atoms with van der Waals surface area (Å²) in [7, 11) is 0. The summed E-state index contributed by atoms with van der Waals surface area (Å²) in [6, 6.07) is 0.380. The van der Waals surface area contributed by atoms with Gasteiger partial charge in [0.25, 0.3) is 0 Å². The van der Waals surface area contributed by atoms with Crippen molar-refractivity contribution in [1.82, 2.24) is 5.32 Å². The van der Waals surface area contributed by atoms with E-state index in [1.807, 2.05) is 0 Å². The first-order valence-electron chi connectivity index (χ1n) is 5.58. The number of carbonyl (C=O) groups excluding carboxylic acids is 1. The van der Waals surface area contributed by atoms with Gasteiger partial charge in [-0.25, -0.2) is 0 Å². The van der Waals surface area contributed by atoms with Crippen molar-refractivity contribution in [2.45, 2.75) is 64.3 Å². The minimum absolute atomic E-state index is 0.245. The van der Waals surface area contributed by atoms with Crippen LogP contribution in [0.15, 0.2) is 0 Å². The molecule has 0 aromatic carbocycles. The molecule has 1 rings (SSSR count). The van der Waals surface area contributed by atoms with E-state index >= 15 is 0 Å². The average Bonchev–Trinajstić information content (AvgIpc) is 2.11. The van der Waals surface area contributed by atoms with Crippen LogP contribution in [0.3, 0.4) is 0 Å². The molecule has 1 unspecified atom stereocenters. The Labute approximate surface area is 81.1 Å². The standard InChI is InChI=1S/C11H21NO/c1-10-8-6-4-2-3-5-7-9-11(13)12-10/h10H,2-9H2,1H3,(H,12,13). The van der Waals surface area contributed by atoms with Gasteiger partial charge in [-0.2, -0.15) is 0 Å². The second kappa shape index (κ2) is 6.01. The van der Waals surface area contributed by atoms with Crippen molar-refractivity contribution >= 4 is 5.91 Å². The summed E-state index contributed by atoms with van der Waals surface area (Å²) in [4.78, 5) is 11.3. The van der Waals surface area contributed by atoms with E-state index in [1.54, 1.807) is 0 Å². The molecule has 1 amide bonds. The Kier molecular flexibility index (Phi) is 4.87. The first kappa shape index (κ1) is 10.6. The van der Waals surface area contributed by atoms with Crippen molar-refractivity contribution < 1.29 is 4.79 Å². The Morgan fingerprint density at radius 3 is 2.46 bits per heavy atom. The minimum Gasteiger partial charge on any atom is -0.354 e. The predicted molar refractivity (Wildman–Crippen MR) is 54.5 cm³/mol. The molecule has 0 radical (unpaired) electrons. The number of hydrogen-bond donors (Lipinski definition) is 1. The smallest absolute Gasteiger partial charge is 0.220 e. The summed E-state index contributed by atoms with van der Waals surface area (Å²) in [5.41, 5.74) is 0. The van der Waals surface area contributed by atoms with E-state index in [0.717, 1.165) is 19.3 Å². The monoisotopic (exact) mass is 183 g/mol. The molecule has 1 fully saturated rings. The Morgan fingerprint density at radius 2 is 1.69 bits per heavy atom.